The summed E-state index contributed by atoms with van der Waals surface area (Å²) in [6.45, 7) is 12.9. The normalized spacial score (nSPS) is 15.0. The number of carbonyl (C=O) groups excluding carboxylic acids is 2. The van der Waals surface area contributed by atoms with Crippen molar-refractivity contribution in [3.63, 3.8) is 0 Å². The molecule has 0 saturated heterocycles. The van der Waals surface area contributed by atoms with E-state index in [1.807, 2.05) is 38.1 Å². The molecule has 1 aromatic carbocycles. The lowest BCUT2D eigenvalue weighted by atomic mass is 10.2. The lowest BCUT2D eigenvalue weighted by Crippen LogP contribution is -2.37. The number of anilines is 2. The highest BCUT2D eigenvalue weighted by Gasteiger charge is 2.37. The molecule has 218 valence electrons. The van der Waals surface area contributed by atoms with Crippen LogP contribution < -0.4 is 29.6 Å². The topological polar surface area (TPSA) is 115 Å². The minimum absolute atomic E-state index is 0.0393. The van der Waals surface area contributed by atoms with Crippen LogP contribution in [0, 0.1) is 6.92 Å². The number of ether oxygens (including phenoxy) is 4. The zero-order valence-corrected chi connectivity index (χ0v) is 26.0. The number of benzene rings is 1. The quantitative estimate of drug-likeness (QED) is 0.284. The molecule has 0 aliphatic carbocycles. The maximum Gasteiger partial charge on any atom is 0.289 e. The number of aryl methyl sites for hydroxylation is 1. The van der Waals surface area contributed by atoms with Gasteiger partial charge in [-0.2, -0.15) is 9.97 Å². The number of rotatable bonds is 13. The predicted octanol–water partition coefficient (Wildman–Crippen LogP) is 2.95. The molecule has 1 amide bonds. The summed E-state index contributed by atoms with van der Waals surface area (Å²) in [4.78, 5) is 39.1. The number of amides is 1. The molecule has 12 heteroatoms. The van der Waals surface area contributed by atoms with Crippen LogP contribution in [0.4, 0.5) is 11.6 Å². The van der Waals surface area contributed by atoms with Crippen LogP contribution in [-0.2, 0) is 14.3 Å². The van der Waals surface area contributed by atoms with Gasteiger partial charge in [-0.05, 0) is 39.1 Å². The van der Waals surface area contributed by atoms with E-state index in [1.165, 1.54) is 25.5 Å². The van der Waals surface area contributed by atoms with Gasteiger partial charge in [-0.3, -0.25) is 9.59 Å². The Balaban J connectivity index is 1.79. The molecule has 2 aromatic rings. The van der Waals surface area contributed by atoms with Crippen molar-refractivity contribution in [3.8, 4) is 17.5 Å². The summed E-state index contributed by atoms with van der Waals surface area (Å²) in [7, 11) is 5.28. The van der Waals surface area contributed by atoms with Crippen molar-refractivity contribution in [3.05, 3.63) is 35.8 Å². The van der Waals surface area contributed by atoms with Crippen LogP contribution in [0.25, 0.3) is 0 Å². The molecule has 1 aromatic heterocycles. The number of nitrogens with one attached hydrogen (secondary N) is 1. The molecule has 0 spiro atoms. The maximum absolute atomic E-state index is 13.2. The second kappa shape index (κ2) is 13.1. The number of hydrogen-bond acceptors (Lipinski definition) is 10. The van der Waals surface area contributed by atoms with E-state index in [-0.39, 0.29) is 23.4 Å². The largest absolute Gasteiger partial charge is 0.479 e. The van der Waals surface area contributed by atoms with E-state index in [0.29, 0.717) is 18.2 Å². The van der Waals surface area contributed by atoms with Crippen LogP contribution in [0.2, 0.25) is 19.6 Å². The van der Waals surface area contributed by atoms with Crippen molar-refractivity contribution in [1.82, 2.24) is 14.9 Å². The van der Waals surface area contributed by atoms with E-state index in [9.17, 15) is 9.59 Å². The number of methoxy groups -OCH3 is 2. The zero-order valence-electron chi connectivity index (χ0n) is 25.0. The van der Waals surface area contributed by atoms with Gasteiger partial charge < -0.3 is 34.1 Å². The highest BCUT2D eigenvalue weighted by Crippen LogP contribution is 2.34. The monoisotopic (exact) mass is 571 g/mol. The van der Waals surface area contributed by atoms with Crippen molar-refractivity contribution in [2.45, 2.75) is 46.0 Å². The second-order valence-corrected chi connectivity index (χ2v) is 16.0. The second-order valence-electron chi connectivity index (χ2n) is 10.9. The number of likely N-dealkylation sites (N-methyl/N-ethyl adjacent to an activating group) is 1. The molecule has 3 rings (SSSR count). The van der Waals surface area contributed by atoms with Crippen molar-refractivity contribution in [2.75, 3.05) is 58.2 Å². The van der Waals surface area contributed by atoms with Gasteiger partial charge >= 0.3 is 0 Å². The summed E-state index contributed by atoms with van der Waals surface area (Å²) in [5.74, 6) is -0.0967. The number of nitrogens with zero attached hydrogens (tertiary/aromatic N) is 4. The van der Waals surface area contributed by atoms with Gasteiger partial charge in [-0.15, -0.1) is 0 Å². The molecule has 40 heavy (non-hydrogen) atoms. The summed E-state index contributed by atoms with van der Waals surface area (Å²) in [6, 6.07) is 6.05. The number of aromatic nitrogens is 2. The fourth-order valence-corrected chi connectivity index (χ4v) is 5.11. The van der Waals surface area contributed by atoms with Gasteiger partial charge in [-0.1, -0.05) is 43.9 Å². The molecule has 11 nitrogen and oxygen atoms in total. The molecule has 1 atom stereocenters. The molecular formula is C28H41N5O6Si. The molecule has 1 aliphatic rings. The fraction of sp³-hybridized carbons (Fsp3) is 0.500. The van der Waals surface area contributed by atoms with E-state index in [0.717, 1.165) is 25.1 Å². The number of carbonyl (C=O) groups is 2. The first kappa shape index (κ1) is 30.9. The Hall–Kier alpha value is -3.64. The third kappa shape index (κ3) is 7.51. The molecule has 1 N–H and O–H groups in total. The predicted molar refractivity (Wildman–Crippen MR) is 158 cm³/mol. The maximum atomic E-state index is 13.2. The summed E-state index contributed by atoms with van der Waals surface area (Å²) >= 11 is 0. The first-order chi connectivity index (χ1) is 18.9. The van der Waals surface area contributed by atoms with E-state index >= 15 is 0 Å². The van der Waals surface area contributed by atoms with Gasteiger partial charge in [0.05, 0.1) is 28.4 Å². The third-order valence-corrected chi connectivity index (χ3v) is 8.36. The summed E-state index contributed by atoms with van der Waals surface area (Å²) in [5, 5.41) is 3.86. The molecule has 0 bridgehead atoms. The lowest BCUT2D eigenvalue weighted by molar-refractivity contribution is -0.134. The van der Waals surface area contributed by atoms with Crippen LogP contribution in [0.1, 0.15) is 18.9 Å². The molecule has 0 radical (unpaired) electrons. The van der Waals surface area contributed by atoms with Gasteiger partial charge in [0.25, 0.3) is 11.9 Å². The molecule has 0 fully saturated rings. The van der Waals surface area contributed by atoms with Crippen molar-refractivity contribution >= 4 is 36.6 Å². The zero-order chi connectivity index (χ0) is 29.6. The Morgan fingerprint density at radius 2 is 1.73 bits per heavy atom. The Morgan fingerprint density at radius 3 is 2.27 bits per heavy atom. The van der Waals surface area contributed by atoms with Crippen LogP contribution in [0.5, 0.6) is 17.5 Å². The Labute approximate surface area is 237 Å². The summed E-state index contributed by atoms with van der Waals surface area (Å²) in [6.07, 6.45) is 0.633. The minimum atomic E-state index is -1.59. The smallest absolute Gasteiger partial charge is 0.289 e. The van der Waals surface area contributed by atoms with E-state index in [4.69, 9.17) is 18.9 Å². The summed E-state index contributed by atoms with van der Waals surface area (Å²) in [5.41, 5.74) is 0.994. The van der Waals surface area contributed by atoms with E-state index in [1.54, 1.807) is 0 Å². The Morgan fingerprint density at radius 1 is 1.07 bits per heavy atom. The first-order valence-electron chi connectivity index (χ1n) is 13.3. The van der Waals surface area contributed by atoms with E-state index in [2.05, 4.69) is 52.8 Å². The highest BCUT2D eigenvalue weighted by molar-refractivity contribution is 6.88. The average molecular weight is 572 g/mol. The van der Waals surface area contributed by atoms with E-state index < -0.39 is 25.9 Å². The molecule has 2 heterocycles. The average Bonchev–Trinajstić information content (AvgIpc) is 3.26. The highest BCUT2D eigenvalue weighted by atomic mass is 28.3. The number of hydrogen-bond donors (Lipinski definition) is 1. The summed E-state index contributed by atoms with van der Waals surface area (Å²) < 4.78 is 22.5. The SMILES string of the molecule is CCCN(CCN(C)C)c1nc(OC)c(NC(=O)C2OC(Oc3cc([Si](C)(C)C)ccc3C)=CC2=O)c(OC)n1. The van der Waals surface area contributed by atoms with Crippen LogP contribution in [0.15, 0.2) is 30.2 Å². The van der Waals surface area contributed by atoms with Gasteiger partial charge in [-0.25, -0.2) is 0 Å². The number of ketones is 1. The lowest BCUT2D eigenvalue weighted by Gasteiger charge is -2.25. The Bertz CT molecular complexity index is 1240. The van der Waals surface area contributed by atoms with Gasteiger partial charge in [0.15, 0.2) is 5.69 Å². The standard InChI is InChI=1S/C28H41N5O6Si/c1-10-13-33(15-14-32(3)4)28-30-26(36-5)23(27(31-28)37-6)29-25(35)24-20(34)17-22(39-24)38-21-16-19(40(7,8)9)12-11-18(21)2/h11-12,16-17,24H,10,13-15H2,1-9H3,(H,29,35). The molecular weight excluding hydrogens is 530 g/mol. The van der Waals surface area contributed by atoms with Crippen LogP contribution in [-0.4, -0.2) is 88.7 Å². The Kier molecular flexibility index (Phi) is 10.1. The molecule has 1 aliphatic heterocycles. The van der Waals surface area contributed by atoms with Crippen LogP contribution >= 0.6 is 0 Å². The molecule has 1 unspecified atom stereocenters. The first-order valence-corrected chi connectivity index (χ1v) is 16.8. The molecule has 0 saturated carbocycles. The minimum Gasteiger partial charge on any atom is -0.479 e. The fourth-order valence-electron chi connectivity index (χ4n) is 3.97. The van der Waals surface area contributed by atoms with Crippen molar-refractivity contribution in [2.24, 2.45) is 0 Å². The van der Waals surface area contributed by atoms with Crippen LogP contribution in [0.3, 0.4) is 0 Å². The van der Waals surface area contributed by atoms with Crippen molar-refractivity contribution < 1.29 is 28.5 Å². The third-order valence-electron chi connectivity index (χ3n) is 6.31. The van der Waals surface area contributed by atoms with Crippen molar-refractivity contribution in [1.29, 1.82) is 0 Å². The van der Waals surface area contributed by atoms with Gasteiger partial charge in [0.2, 0.25) is 29.6 Å². The van der Waals surface area contributed by atoms with Gasteiger partial charge in [0.1, 0.15) is 5.75 Å². The van der Waals surface area contributed by atoms with Gasteiger partial charge in [0, 0.05) is 19.6 Å².